The lowest BCUT2D eigenvalue weighted by atomic mass is 10.3. The molecule has 1 fully saturated rings. The van der Waals surface area contributed by atoms with E-state index < -0.39 is 11.6 Å². The molecule has 0 bridgehead atoms. The third-order valence-electron chi connectivity index (χ3n) is 3.14. The van der Waals surface area contributed by atoms with Gasteiger partial charge in [0.2, 0.25) is 6.41 Å². The Labute approximate surface area is 112 Å². The predicted octanol–water partition coefficient (Wildman–Crippen LogP) is 1.85. The number of thiazole rings is 1. The van der Waals surface area contributed by atoms with Crippen molar-refractivity contribution in [2.24, 2.45) is 0 Å². The highest BCUT2D eigenvalue weighted by Gasteiger charge is 2.20. The fraction of sp³-hybridized carbons (Fsp3) is 0.333. The molecule has 7 heteroatoms. The van der Waals surface area contributed by atoms with Crippen molar-refractivity contribution in [3.05, 3.63) is 23.8 Å². The molecule has 1 amide bonds. The van der Waals surface area contributed by atoms with E-state index in [9.17, 15) is 13.6 Å². The number of aromatic nitrogens is 1. The van der Waals surface area contributed by atoms with Gasteiger partial charge in [0.1, 0.15) is 11.3 Å². The molecule has 0 saturated carbocycles. The molecule has 0 spiro atoms. The first-order valence-electron chi connectivity index (χ1n) is 5.87. The molecular weight excluding hydrogens is 272 g/mol. The zero-order chi connectivity index (χ0) is 13.4. The number of hydrogen-bond donors (Lipinski definition) is 0. The van der Waals surface area contributed by atoms with E-state index >= 15 is 0 Å². The number of hydrogen-bond acceptors (Lipinski definition) is 4. The summed E-state index contributed by atoms with van der Waals surface area (Å²) < 4.78 is 27.2. The van der Waals surface area contributed by atoms with Gasteiger partial charge in [-0.1, -0.05) is 11.3 Å². The minimum atomic E-state index is -0.635. The molecule has 0 atom stereocenters. The van der Waals surface area contributed by atoms with Gasteiger partial charge >= 0.3 is 0 Å². The molecule has 0 N–H and O–H groups in total. The summed E-state index contributed by atoms with van der Waals surface area (Å²) >= 11 is 1.27. The zero-order valence-corrected chi connectivity index (χ0v) is 10.8. The second kappa shape index (κ2) is 4.73. The molecular formula is C12H11F2N3OS. The highest BCUT2D eigenvalue weighted by molar-refractivity contribution is 7.22. The molecule has 3 rings (SSSR count). The molecule has 0 radical (unpaired) electrons. The molecule has 1 aliphatic heterocycles. The normalized spacial score (nSPS) is 16.1. The highest BCUT2D eigenvalue weighted by atomic mass is 32.1. The number of carbonyl (C=O) groups excluding carboxylic acids is 1. The Kier molecular flexibility index (Phi) is 3.06. The van der Waals surface area contributed by atoms with Gasteiger partial charge in [0, 0.05) is 32.2 Å². The summed E-state index contributed by atoms with van der Waals surface area (Å²) in [5, 5.41) is 0.671. The third kappa shape index (κ3) is 2.25. The van der Waals surface area contributed by atoms with Gasteiger partial charge < -0.3 is 9.80 Å². The topological polar surface area (TPSA) is 36.4 Å². The van der Waals surface area contributed by atoms with E-state index in [-0.39, 0.29) is 5.52 Å². The van der Waals surface area contributed by atoms with Crippen LogP contribution in [0, 0.1) is 11.6 Å². The summed E-state index contributed by atoms with van der Waals surface area (Å²) in [6, 6.07) is 2.14. The summed E-state index contributed by atoms with van der Waals surface area (Å²) in [5.74, 6) is -1.23. The fourth-order valence-corrected chi connectivity index (χ4v) is 3.16. The second-order valence-electron chi connectivity index (χ2n) is 4.36. The van der Waals surface area contributed by atoms with E-state index in [2.05, 4.69) is 4.98 Å². The number of halogens is 2. The standard InChI is InChI=1S/C12H11F2N3OS/c13-8-5-9(14)11-10(6-8)19-12(15-11)17-3-1-16(7-18)2-4-17/h5-7H,1-4H2. The van der Waals surface area contributed by atoms with Gasteiger partial charge in [0.25, 0.3) is 0 Å². The summed E-state index contributed by atoms with van der Waals surface area (Å²) in [4.78, 5) is 18.5. The van der Waals surface area contributed by atoms with Gasteiger partial charge in [-0.15, -0.1) is 0 Å². The number of piperazine rings is 1. The van der Waals surface area contributed by atoms with Crippen molar-refractivity contribution in [3.8, 4) is 0 Å². The van der Waals surface area contributed by atoms with Gasteiger partial charge in [0.05, 0.1) is 4.70 Å². The van der Waals surface area contributed by atoms with Crippen LogP contribution in [0.4, 0.5) is 13.9 Å². The minimum absolute atomic E-state index is 0.208. The summed E-state index contributed by atoms with van der Waals surface area (Å²) in [7, 11) is 0. The Morgan fingerprint density at radius 2 is 1.95 bits per heavy atom. The highest BCUT2D eigenvalue weighted by Crippen LogP contribution is 2.31. The lowest BCUT2D eigenvalue weighted by Crippen LogP contribution is -2.45. The maximum atomic E-state index is 13.6. The fourth-order valence-electron chi connectivity index (χ4n) is 2.10. The molecule has 2 heterocycles. The van der Waals surface area contributed by atoms with E-state index in [4.69, 9.17) is 0 Å². The number of fused-ring (bicyclic) bond motifs is 1. The van der Waals surface area contributed by atoms with Crippen LogP contribution >= 0.6 is 11.3 Å². The molecule has 2 aromatic rings. The van der Waals surface area contributed by atoms with Crippen LogP contribution in [0.1, 0.15) is 0 Å². The molecule has 1 aliphatic rings. The maximum Gasteiger partial charge on any atom is 0.209 e. The van der Waals surface area contributed by atoms with E-state index in [1.807, 2.05) is 4.90 Å². The maximum absolute atomic E-state index is 13.6. The summed E-state index contributed by atoms with van der Waals surface area (Å²) in [6.07, 6.45) is 0.824. The van der Waals surface area contributed by atoms with Crippen LogP contribution in [-0.4, -0.2) is 42.5 Å². The van der Waals surface area contributed by atoms with Gasteiger partial charge in [-0.3, -0.25) is 4.79 Å². The number of amides is 1. The van der Waals surface area contributed by atoms with Gasteiger partial charge in [-0.05, 0) is 6.07 Å². The number of rotatable bonds is 2. The van der Waals surface area contributed by atoms with Crippen molar-refractivity contribution >= 4 is 33.1 Å². The van der Waals surface area contributed by atoms with Crippen LogP contribution in [-0.2, 0) is 4.79 Å². The van der Waals surface area contributed by atoms with Crippen LogP contribution in [0.3, 0.4) is 0 Å². The number of carbonyl (C=O) groups is 1. The predicted molar refractivity (Wildman–Crippen MR) is 69.4 cm³/mol. The lowest BCUT2D eigenvalue weighted by molar-refractivity contribution is -0.118. The molecule has 1 aromatic carbocycles. The van der Waals surface area contributed by atoms with Gasteiger partial charge in [-0.25, -0.2) is 13.8 Å². The van der Waals surface area contributed by atoms with Crippen molar-refractivity contribution in [1.29, 1.82) is 0 Å². The first kappa shape index (κ1) is 12.3. The van der Waals surface area contributed by atoms with Gasteiger partial charge in [-0.2, -0.15) is 0 Å². The summed E-state index contributed by atoms with van der Waals surface area (Å²) in [5.41, 5.74) is 0.208. The zero-order valence-electron chi connectivity index (χ0n) is 9.97. The smallest absolute Gasteiger partial charge is 0.209 e. The van der Waals surface area contributed by atoms with E-state index in [1.165, 1.54) is 17.4 Å². The Bertz CT molecular complexity index is 623. The molecule has 19 heavy (non-hydrogen) atoms. The van der Waals surface area contributed by atoms with Crippen molar-refractivity contribution in [2.75, 3.05) is 31.1 Å². The Hall–Kier alpha value is -1.76. The molecule has 100 valence electrons. The number of nitrogens with zero attached hydrogens (tertiary/aromatic N) is 3. The quantitative estimate of drug-likeness (QED) is 0.789. The molecule has 1 saturated heterocycles. The monoisotopic (exact) mass is 283 g/mol. The van der Waals surface area contributed by atoms with E-state index in [0.29, 0.717) is 36.0 Å². The van der Waals surface area contributed by atoms with E-state index in [1.54, 1.807) is 4.90 Å². The first-order valence-corrected chi connectivity index (χ1v) is 6.69. The number of anilines is 1. The Morgan fingerprint density at radius 1 is 1.21 bits per heavy atom. The second-order valence-corrected chi connectivity index (χ2v) is 5.37. The number of benzene rings is 1. The van der Waals surface area contributed by atoms with Crippen molar-refractivity contribution in [1.82, 2.24) is 9.88 Å². The third-order valence-corrected chi connectivity index (χ3v) is 4.20. The SMILES string of the molecule is O=CN1CCN(c2nc3c(F)cc(F)cc3s2)CC1. The van der Waals surface area contributed by atoms with E-state index in [0.717, 1.165) is 12.5 Å². The van der Waals surface area contributed by atoms with Crippen molar-refractivity contribution < 1.29 is 13.6 Å². The Morgan fingerprint density at radius 3 is 2.63 bits per heavy atom. The van der Waals surface area contributed by atoms with Crippen molar-refractivity contribution in [3.63, 3.8) is 0 Å². The van der Waals surface area contributed by atoms with Crippen LogP contribution in [0.25, 0.3) is 10.2 Å². The molecule has 1 aromatic heterocycles. The average Bonchev–Trinajstić information content (AvgIpc) is 2.83. The largest absolute Gasteiger partial charge is 0.345 e. The van der Waals surface area contributed by atoms with Crippen LogP contribution in [0.5, 0.6) is 0 Å². The first-order chi connectivity index (χ1) is 9.17. The van der Waals surface area contributed by atoms with Gasteiger partial charge in [0.15, 0.2) is 10.9 Å². The molecule has 0 aliphatic carbocycles. The molecule has 4 nitrogen and oxygen atoms in total. The average molecular weight is 283 g/mol. The molecule has 0 unspecified atom stereocenters. The summed E-state index contributed by atoms with van der Waals surface area (Å²) in [6.45, 7) is 2.55. The lowest BCUT2D eigenvalue weighted by Gasteiger charge is -2.32. The minimum Gasteiger partial charge on any atom is -0.345 e. The van der Waals surface area contributed by atoms with Crippen LogP contribution in [0.2, 0.25) is 0 Å². The Balaban J connectivity index is 1.90. The van der Waals surface area contributed by atoms with Crippen LogP contribution in [0.15, 0.2) is 12.1 Å². The van der Waals surface area contributed by atoms with Crippen LogP contribution < -0.4 is 4.90 Å². The van der Waals surface area contributed by atoms with Crippen molar-refractivity contribution in [2.45, 2.75) is 0 Å².